The highest BCUT2D eigenvalue weighted by atomic mass is 32.1. The largest absolute Gasteiger partial charge is 0.348 e. The monoisotopic (exact) mass is 294 g/mol. The van der Waals surface area contributed by atoms with Crippen LogP contribution in [-0.2, 0) is 4.79 Å². The molecule has 4 heteroatoms. The summed E-state index contributed by atoms with van der Waals surface area (Å²) in [6.07, 6.45) is 2.99. The molecule has 0 bridgehead atoms. The second-order valence-corrected chi connectivity index (χ2v) is 7.15. The molecule has 1 aromatic heterocycles. The SMILES string of the molecule is CCCC1(C(=O)NC(c2cccs2)C(C)C)CCNC1. The molecule has 0 radical (unpaired) electrons. The molecule has 1 fully saturated rings. The molecule has 1 aliphatic rings. The average Bonchev–Trinajstić information content (AvgIpc) is 3.07. The number of hydrogen-bond donors (Lipinski definition) is 2. The molecule has 0 saturated carbocycles. The van der Waals surface area contributed by atoms with Crippen LogP contribution in [0.3, 0.4) is 0 Å². The van der Waals surface area contributed by atoms with Gasteiger partial charge in [-0.15, -0.1) is 11.3 Å². The third-order valence-corrected chi connectivity index (χ3v) is 5.21. The molecule has 0 aromatic carbocycles. The Kier molecular flexibility index (Phi) is 5.22. The van der Waals surface area contributed by atoms with E-state index >= 15 is 0 Å². The van der Waals surface area contributed by atoms with Crippen molar-refractivity contribution in [2.75, 3.05) is 13.1 Å². The van der Waals surface area contributed by atoms with Gasteiger partial charge >= 0.3 is 0 Å². The highest BCUT2D eigenvalue weighted by Crippen LogP contribution is 2.34. The van der Waals surface area contributed by atoms with Crippen LogP contribution in [0.25, 0.3) is 0 Å². The van der Waals surface area contributed by atoms with Crippen molar-refractivity contribution in [1.29, 1.82) is 0 Å². The van der Waals surface area contributed by atoms with Gasteiger partial charge in [-0.1, -0.05) is 33.3 Å². The summed E-state index contributed by atoms with van der Waals surface area (Å²) < 4.78 is 0. The molecule has 2 N–H and O–H groups in total. The zero-order chi connectivity index (χ0) is 14.6. The number of carbonyl (C=O) groups is 1. The van der Waals surface area contributed by atoms with Crippen LogP contribution in [0.5, 0.6) is 0 Å². The normalized spacial score (nSPS) is 24.0. The topological polar surface area (TPSA) is 41.1 Å². The highest BCUT2D eigenvalue weighted by Gasteiger charge is 2.41. The van der Waals surface area contributed by atoms with E-state index < -0.39 is 0 Å². The third-order valence-electron chi connectivity index (χ3n) is 4.26. The summed E-state index contributed by atoms with van der Waals surface area (Å²) >= 11 is 1.73. The van der Waals surface area contributed by atoms with E-state index in [-0.39, 0.29) is 17.4 Å². The Hall–Kier alpha value is -0.870. The maximum Gasteiger partial charge on any atom is 0.228 e. The first-order chi connectivity index (χ1) is 9.59. The minimum atomic E-state index is -0.195. The Morgan fingerprint density at radius 1 is 1.55 bits per heavy atom. The van der Waals surface area contributed by atoms with Gasteiger partial charge in [0.15, 0.2) is 0 Å². The zero-order valence-electron chi connectivity index (χ0n) is 12.7. The lowest BCUT2D eigenvalue weighted by molar-refractivity contribution is -0.131. The van der Waals surface area contributed by atoms with Gasteiger partial charge in [0.25, 0.3) is 0 Å². The van der Waals surface area contributed by atoms with Crippen molar-refractivity contribution >= 4 is 17.2 Å². The Morgan fingerprint density at radius 3 is 2.85 bits per heavy atom. The molecular formula is C16H26N2OS. The Bertz CT molecular complexity index is 422. The number of nitrogens with one attached hydrogen (secondary N) is 2. The predicted molar refractivity (Wildman–Crippen MR) is 84.9 cm³/mol. The van der Waals surface area contributed by atoms with Crippen LogP contribution in [0.1, 0.15) is 51.0 Å². The van der Waals surface area contributed by atoms with E-state index in [1.54, 1.807) is 11.3 Å². The van der Waals surface area contributed by atoms with Crippen molar-refractivity contribution in [3.05, 3.63) is 22.4 Å². The van der Waals surface area contributed by atoms with Crippen LogP contribution in [0.4, 0.5) is 0 Å². The summed E-state index contributed by atoms with van der Waals surface area (Å²) in [5.41, 5.74) is -0.195. The van der Waals surface area contributed by atoms with Crippen LogP contribution in [-0.4, -0.2) is 19.0 Å². The molecule has 0 spiro atoms. The zero-order valence-corrected chi connectivity index (χ0v) is 13.6. The number of rotatable bonds is 6. The van der Waals surface area contributed by atoms with Gasteiger partial charge in [-0.2, -0.15) is 0 Å². The van der Waals surface area contributed by atoms with Crippen LogP contribution in [0.2, 0.25) is 0 Å². The van der Waals surface area contributed by atoms with Crippen molar-refractivity contribution < 1.29 is 4.79 Å². The van der Waals surface area contributed by atoms with Crippen LogP contribution in [0.15, 0.2) is 17.5 Å². The maximum absolute atomic E-state index is 12.8. The average molecular weight is 294 g/mol. The molecule has 0 aliphatic carbocycles. The van der Waals surface area contributed by atoms with Crippen LogP contribution < -0.4 is 10.6 Å². The molecule has 112 valence electrons. The molecule has 2 heterocycles. The van der Waals surface area contributed by atoms with E-state index in [0.717, 1.165) is 32.4 Å². The Morgan fingerprint density at radius 2 is 2.35 bits per heavy atom. The first kappa shape index (κ1) is 15.5. The first-order valence-electron chi connectivity index (χ1n) is 7.64. The molecule has 1 saturated heterocycles. The van der Waals surface area contributed by atoms with E-state index in [1.807, 2.05) is 0 Å². The van der Waals surface area contributed by atoms with Gasteiger partial charge in [0.05, 0.1) is 11.5 Å². The molecule has 3 nitrogen and oxygen atoms in total. The van der Waals surface area contributed by atoms with Gasteiger partial charge in [-0.3, -0.25) is 4.79 Å². The lowest BCUT2D eigenvalue weighted by Gasteiger charge is -2.30. The smallest absolute Gasteiger partial charge is 0.228 e. The van der Waals surface area contributed by atoms with Gasteiger partial charge in [0, 0.05) is 11.4 Å². The molecular weight excluding hydrogens is 268 g/mol. The van der Waals surface area contributed by atoms with Gasteiger partial charge in [0.1, 0.15) is 0 Å². The van der Waals surface area contributed by atoms with Gasteiger partial charge in [0.2, 0.25) is 5.91 Å². The van der Waals surface area contributed by atoms with Crippen LogP contribution >= 0.6 is 11.3 Å². The minimum absolute atomic E-state index is 0.136. The Labute approximate surface area is 126 Å². The molecule has 20 heavy (non-hydrogen) atoms. The van der Waals surface area contributed by atoms with Crippen molar-refractivity contribution in [1.82, 2.24) is 10.6 Å². The summed E-state index contributed by atoms with van der Waals surface area (Å²) in [5.74, 6) is 0.641. The third kappa shape index (κ3) is 3.23. The molecule has 1 aromatic rings. The van der Waals surface area contributed by atoms with Gasteiger partial charge in [-0.25, -0.2) is 0 Å². The van der Waals surface area contributed by atoms with Crippen molar-refractivity contribution in [3.63, 3.8) is 0 Å². The first-order valence-corrected chi connectivity index (χ1v) is 8.52. The fraction of sp³-hybridized carbons (Fsp3) is 0.688. The van der Waals surface area contributed by atoms with E-state index in [0.29, 0.717) is 5.92 Å². The summed E-state index contributed by atoms with van der Waals surface area (Å²) in [6, 6.07) is 4.31. The summed E-state index contributed by atoms with van der Waals surface area (Å²) in [7, 11) is 0. The lowest BCUT2D eigenvalue weighted by atomic mass is 9.81. The van der Waals surface area contributed by atoms with E-state index in [2.05, 4.69) is 48.9 Å². The Balaban J connectivity index is 2.11. The van der Waals surface area contributed by atoms with Gasteiger partial charge in [-0.05, 0) is 36.8 Å². The summed E-state index contributed by atoms with van der Waals surface area (Å²) in [4.78, 5) is 14.1. The number of carbonyl (C=O) groups excluding carboxylic acids is 1. The minimum Gasteiger partial charge on any atom is -0.348 e. The van der Waals surface area contributed by atoms with Crippen molar-refractivity contribution in [2.24, 2.45) is 11.3 Å². The van der Waals surface area contributed by atoms with E-state index in [4.69, 9.17) is 0 Å². The number of amides is 1. The molecule has 2 rings (SSSR count). The highest BCUT2D eigenvalue weighted by molar-refractivity contribution is 7.10. The second kappa shape index (κ2) is 6.72. The van der Waals surface area contributed by atoms with E-state index in [1.165, 1.54) is 4.88 Å². The second-order valence-electron chi connectivity index (χ2n) is 6.17. The quantitative estimate of drug-likeness (QED) is 0.845. The fourth-order valence-electron chi connectivity index (χ4n) is 3.07. The molecule has 2 atom stereocenters. The molecule has 1 aliphatic heterocycles. The molecule has 1 amide bonds. The van der Waals surface area contributed by atoms with Gasteiger partial charge < -0.3 is 10.6 Å². The predicted octanol–water partition coefficient (Wildman–Crippen LogP) is 3.34. The number of thiophene rings is 1. The number of hydrogen-bond acceptors (Lipinski definition) is 3. The lowest BCUT2D eigenvalue weighted by Crippen LogP contribution is -2.44. The van der Waals surface area contributed by atoms with Crippen molar-refractivity contribution in [2.45, 2.75) is 46.1 Å². The van der Waals surface area contributed by atoms with Crippen LogP contribution in [0, 0.1) is 11.3 Å². The van der Waals surface area contributed by atoms with Crippen molar-refractivity contribution in [3.8, 4) is 0 Å². The van der Waals surface area contributed by atoms with E-state index in [9.17, 15) is 4.79 Å². The summed E-state index contributed by atoms with van der Waals surface area (Å²) in [5, 5.41) is 8.75. The summed E-state index contributed by atoms with van der Waals surface area (Å²) in [6.45, 7) is 8.28. The maximum atomic E-state index is 12.8. The molecule has 2 unspecified atom stereocenters. The standard InChI is InChI=1S/C16H26N2OS/c1-4-7-16(8-9-17-11-16)15(19)18-14(12(2)3)13-6-5-10-20-13/h5-6,10,12,14,17H,4,7-9,11H2,1-3H3,(H,18,19). The fourth-order valence-corrected chi connectivity index (χ4v) is 4.02.